The average molecular weight is 478 g/mol. The van der Waals surface area contributed by atoms with E-state index < -0.39 is 0 Å². The lowest BCUT2D eigenvalue weighted by Gasteiger charge is -2.12. The summed E-state index contributed by atoms with van der Waals surface area (Å²) >= 11 is 0. The first-order valence-electron chi connectivity index (χ1n) is 11.3. The molecule has 0 radical (unpaired) electrons. The van der Waals surface area contributed by atoms with Crippen molar-refractivity contribution in [2.45, 2.75) is 13.8 Å². The highest BCUT2D eigenvalue weighted by atomic mass is 16.5. The van der Waals surface area contributed by atoms with Gasteiger partial charge >= 0.3 is 0 Å². The molecule has 5 rings (SSSR count). The van der Waals surface area contributed by atoms with Gasteiger partial charge in [-0.3, -0.25) is 9.48 Å². The average Bonchev–Trinajstić information content (AvgIpc) is 3.39. The number of amides is 1. The van der Waals surface area contributed by atoms with Crippen LogP contribution in [0.2, 0.25) is 0 Å². The smallest absolute Gasteiger partial charge is 0.276 e. The van der Waals surface area contributed by atoms with Gasteiger partial charge in [-0.2, -0.15) is 15.5 Å². The summed E-state index contributed by atoms with van der Waals surface area (Å²) in [6.45, 7) is 3.76. The normalized spacial score (nSPS) is 10.7. The molecule has 36 heavy (non-hydrogen) atoms. The Bertz CT molecular complexity index is 1590. The number of anilines is 3. The van der Waals surface area contributed by atoms with Crippen molar-refractivity contribution in [2.75, 3.05) is 10.6 Å². The Balaban J connectivity index is 1.44. The van der Waals surface area contributed by atoms with E-state index in [-0.39, 0.29) is 5.91 Å². The van der Waals surface area contributed by atoms with E-state index in [1.165, 1.54) is 6.20 Å². The fraction of sp³-hybridized carbons (Fsp3) is 0.111. The first kappa shape index (κ1) is 22.7. The summed E-state index contributed by atoms with van der Waals surface area (Å²) in [6.07, 6.45) is 3.22. The zero-order valence-corrected chi connectivity index (χ0v) is 20.0. The summed E-state index contributed by atoms with van der Waals surface area (Å²) < 4.78 is 9.16. The Morgan fingerprint density at radius 2 is 1.78 bits per heavy atom. The van der Waals surface area contributed by atoms with E-state index in [0.717, 1.165) is 22.7 Å². The van der Waals surface area contributed by atoms with Crippen molar-refractivity contribution in [2.24, 2.45) is 7.05 Å². The van der Waals surface area contributed by atoms with E-state index in [1.807, 2.05) is 68.4 Å². The number of hydrogen-bond acceptors (Lipinski definition) is 6. The summed E-state index contributed by atoms with van der Waals surface area (Å²) in [6, 6.07) is 20.9. The van der Waals surface area contributed by atoms with Gasteiger partial charge in [-0.15, -0.1) is 0 Å². The summed E-state index contributed by atoms with van der Waals surface area (Å²) in [5, 5.41) is 24.6. The number of carbonyl (C=O) groups excluding carboxylic acids is 1. The van der Waals surface area contributed by atoms with Crippen LogP contribution in [0, 0.1) is 25.2 Å². The van der Waals surface area contributed by atoms with E-state index >= 15 is 0 Å². The third-order valence-corrected chi connectivity index (χ3v) is 5.87. The van der Waals surface area contributed by atoms with Gasteiger partial charge in [0.25, 0.3) is 5.91 Å². The molecule has 3 aromatic heterocycles. The SMILES string of the molecule is Cc1c(NC(=O)c2cc(C)n(C)n2)cn2ncc(C#N)c(Nc3ccc(Oc4ccccc4)cc3)c12. The van der Waals surface area contributed by atoms with E-state index in [0.29, 0.717) is 33.9 Å². The summed E-state index contributed by atoms with van der Waals surface area (Å²) in [7, 11) is 1.79. The fourth-order valence-corrected chi connectivity index (χ4v) is 3.86. The highest BCUT2D eigenvalue weighted by molar-refractivity contribution is 6.04. The molecular weight excluding hydrogens is 454 g/mol. The van der Waals surface area contributed by atoms with E-state index in [2.05, 4.69) is 26.9 Å². The second-order valence-corrected chi connectivity index (χ2v) is 8.32. The molecule has 178 valence electrons. The number of nitrogens with zero attached hydrogens (tertiary/aromatic N) is 5. The highest BCUT2D eigenvalue weighted by Crippen LogP contribution is 2.33. The molecule has 0 atom stereocenters. The van der Waals surface area contributed by atoms with Crippen molar-refractivity contribution < 1.29 is 9.53 Å². The van der Waals surface area contributed by atoms with Crippen LogP contribution < -0.4 is 15.4 Å². The van der Waals surface area contributed by atoms with Crippen LogP contribution in [-0.4, -0.2) is 25.3 Å². The second-order valence-electron chi connectivity index (χ2n) is 8.32. The maximum Gasteiger partial charge on any atom is 0.276 e. The van der Waals surface area contributed by atoms with Gasteiger partial charge in [-0.1, -0.05) is 18.2 Å². The van der Waals surface area contributed by atoms with Crippen molar-refractivity contribution in [3.63, 3.8) is 0 Å². The highest BCUT2D eigenvalue weighted by Gasteiger charge is 2.19. The van der Waals surface area contributed by atoms with Gasteiger partial charge in [0.05, 0.1) is 34.8 Å². The number of carbonyl (C=O) groups is 1. The van der Waals surface area contributed by atoms with Gasteiger partial charge in [-0.25, -0.2) is 4.52 Å². The van der Waals surface area contributed by atoms with Crippen LogP contribution in [0.25, 0.3) is 5.52 Å². The third kappa shape index (κ3) is 4.35. The number of aromatic nitrogens is 4. The molecule has 9 nitrogen and oxygen atoms in total. The molecule has 3 heterocycles. The maximum atomic E-state index is 12.8. The van der Waals surface area contributed by atoms with Gasteiger partial charge in [-0.05, 0) is 56.3 Å². The van der Waals surface area contributed by atoms with Gasteiger partial charge < -0.3 is 15.4 Å². The summed E-state index contributed by atoms with van der Waals surface area (Å²) in [5.41, 5.74) is 4.99. The minimum Gasteiger partial charge on any atom is -0.457 e. The minimum atomic E-state index is -0.318. The minimum absolute atomic E-state index is 0.318. The van der Waals surface area contributed by atoms with E-state index in [4.69, 9.17) is 4.74 Å². The summed E-state index contributed by atoms with van der Waals surface area (Å²) in [4.78, 5) is 12.8. The largest absolute Gasteiger partial charge is 0.457 e. The Kier molecular flexibility index (Phi) is 5.84. The number of nitriles is 1. The zero-order chi connectivity index (χ0) is 25.2. The fourth-order valence-electron chi connectivity index (χ4n) is 3.86. The molecule has 0 saturated heterocycles. The summed E-state index contributed by atoms with van der Waals surface area (Å²) in [5.74, 6) is 1.13. The van der Waals surface area contributed by atoms with Gasteiger partial charge in [0.2, 0.25) is 0 Å². The molecule has 0 bridgehead atoms. The molecular formula is C27H23N7O2. The lowest BCUT2D eigenvalue weighted by molar-refractivity contribution is 0.102. The van der Waals surface area contributed by atoms with Crippen LogP contribution in [0.3, 0.4) is 0 Å². The van der Waals surface area contributed by atoms with Gasteiger partial charge in [0.15, 0.2) is 5.69 Å². The maximum absolute atomic E-state index is 12.8. The molecule has 0 spiro atoms. The Labute approximate surface area is 207 Å². The predicted octanol–water partition coefficient (Wildman–Crippen LogP) is 5.34. The number of rotatable bonds is 6. The topological polar surface area (TPSA) is 109 Å². The molecule has 1 amide bonds. The molecule has 9 heteroatoms. The van der Waals surface area contributed by atoms with Crippen molar-refractivity contribution >= 4 is 28.5 Å². The van der Waals surface area contributed by atoms with Gasteiger partial charge in [0, 0.05) is 24.0 Å². The van der Waals surface area contributed by atoms with Crippen molar-refractivity contribution in [3.8, 4) is 17.6 Å². The number of fused-ring (bicyclic) bond motifs is 1. The molecule has 5 aromatic rings. The second kappa shape index (κ2) is 9.27. The van der Waals surface area contributed by atoms with Crippen molar-refractivity contribution in [1.82, 2.24) is 19.4 Å². The molecule has 2 aromatic carbocycles. The standard InChI is InChI=1S/C27H23N7O2/c1-17-13-23(32-33(17)3)27(35)31-24-16-34-26(18(24)2)25(19(14-28)15-29-34)30-20-9-11-22(12-10-20)36-21-7-5-4-6-8-21/h4-13,15-16,30H,1-3H3,(H,31,35). The third-order valence-electron chi connectivity index (χ3n) is 5.87. The quantitative estimate of drug-likeness (QED) is 0.341. The first-order valence-corrected chi connectivity index (χ1v) is 11.3. The van der Waals surface area contributed by atoms with Crippen molar-refractivity contribution in [3.05, 3.63) is 95.6 Å². The number of benzene rings is 2. The molecule has 2 N–H and O–H groups in total. The Morgan fingerprint density at radius 1 is 1.06 bits per heavy atom. The number of hydrogen-bond donors (Lipinski definition) is 2. The van der Waals surface area contributed by atoms with Crippen LogP contribution >= 0.6 is 0 Å². The zero-order valence-electron chi connectivity index (χ0n) is 20.0. The van der Waals surface area contributed by atoms with E-state index in [1.54, 1.807) is 28.5 Å². The lowest BCUT2D eigenvalue weighted by atomic mass is 10.1. The number of ether oxygens (including phenoxy) is 1. The molecule has 0 aliphatic carbocycles. The van der Waals surface area contributed by atoms with Crippen LogP contribution in [0.1, 0.15) is 27.3 Å². The first-order chi connectivity index (χ1) is 17.4. The van der Waals surface area contributed by atoms with Crippen LogP contribution in [0.5, 0.6) is 11.5 Å². The molecule has 0 unspecified atom stereocenters. The van der Waals surface area contributed by atoms with E-state index in [9.17, 15) is 10.1 Å². The van der Waals surface area contributed by atoms with Crippen LogP contribution in [-0.2, 0) is 7.05 Å². The number of nitrogens with one attached hydrogen (secondary N) is 2. The lowest BCUT2D eigenvalue weighted by Crippen LogP contribution is -2.13. The monoisotopic (exact) mass is 477 g/mol. The van der Waals surface area contributed by atoms with Crippen LogP contribution in [0.15, 0.2) is 73.1 Å². The van der Waals surface area contributed by atoms with Crippen LogP contribution in [0.4, 0.5) is 17.1 Å². The molecule has 0 aliphatic heterocycles. The Morgan fingerprint density at radius 3 is 2.44 bits per heavy atom. The number of para-hydroxylation sites is 1. The number of aryl methyl sites for hydroxylation is 3. The van der Waals surface area contributed by atoms with Gasteiger partial charge in [0.1, 0.15) is 17.6 Å². The molecule has 0 aliphatic rings. The molecule has 0 fully saturated rings. The predicted molar refractivity (Wildman–Crippen MR) is 137 cm³/mol. The Hall–Kier alpha value is -5.10. The molecule has 0 saturated carbocycles. The van der Waals surface area contributed by atoms with Crippen molar-refractivity contribution in [1.29, 1.82) is 5.26 Å².